The minimum Gasteiger partial charge on any atom is -0.492 e. The molecule has 0 aliphatic rings. The smallest absolute Gasteiger partial charge is 0.264 e. The van der Waals surface area contributed by atoms with Gasteiger partial charge in [0.1, 0.15) is 24.2 Å². The molecule has 2 atom stereocenters. The number of nitrogens with zero attached hydrogens (tertiary/aromatic N) is 2. The zero-order chi connectivity index (χ0) is 34.0. The summed E-state index contributed by atoms with van der Waals surface area (Å²) in [5.41, 5.74) is 2.01. The van der Waals surface area contributed by atoms with Gasteiger partial charge in [0, 0.05) is 24.6 Å². The lowest BCUT2D eigenvalue weighted by Crippen LogP contribution is -2.54. The van der Waals surface area contributed by atoms with Crippen LogP contribution in [0.5, 0.6) is 5.75 Å². The number of carbonyl (C=O) groups excluding carboxylic acids is 2. The zero-order valence-electron chi connectivity index (χ0n) is 27.2. The Kier molecular flexibility index (Phi) is 12.1. The number of amides is 2. The van der Waals surface area contributed by atoms with Crippen LogP contribution < -0.4 is 14.4 Å². The second kappa shape index (κ2) is 16.2. The molecule has 2 amide bonds. The molecule has 10 heteroatoms. The van der Waals surface area contributed by atoms with Crippen molar-refractivity contribution < 1.29 is 27.1 Å². The van der Waals surface area contributed by atoms with Crippen LogP contribution in [0.4, 0.5) is 10.1 Å². The molecule has 4 rings (SSSR count). The highest BCUT2D eigenvalue weighted by Gasteiger charge is 2.36. The lowest BCUT2D eigenvalue weighted by Gasteiger charge is -2.34. The average molecular weight is 660 g/mol. The van der Waals surface area contributed by atoms with Crippen LogP contribution in [-0.2, 0) is 32.6 Å². The van der Waals surface area contributed by atoms with E-state index in [1.807, 2.05) is 51.1 Å². The summed E-state index contributed by atoms with van der Waals surface area (Å²) in [4.78, 5) is 29.8. The minimum atomic E-state index is -4.32. The maximum Gasteiger partial charge on any atom is 0.264 e. The molecule has 0 radical (unpaired) electrons. The van der Waals surface area contributed by atoms with Crippen molar-refractivity contribution in [3.8, 4) is 5.75 Å². The van der Waals surface area contributed by atoms with Crippen molar-refractivity contribution >= 4 is 27.5 Å². The standard InChI is InChI=1S/C37H42FN3O5S/c1-5-28(4)39-37(43)34(24-29-14-8-7-9-15-29)40(25-30-16-10-11-17-32(30)38)36(42)26-41(33-18-12-13-19-35(33)46-6-2)47(44,45)31-22-20-27(3)21-23-31/h7-23,28,34H,5-6,24-26H2,1-4H3,(H,39,43)/t28-,34-/m1/s1. The van der Waals surface area contributed by atoms with E-state index >= 15 is 4.39 Å². The van der Waals surface area contributed by atoms with Crippen LogP contribution in [0.25, 0.3) is 0 Å². The van der Waals surface area contributed by atoms with Crippen LogP contribution in [0.2, 0.25) is 0 Å². The van der Waals surface area contributed by atoms with E-state index in [-0.39, 0.29) is 47.5 Å². The Balaban J connectivity index is 1.85. The van der Waals surface area contributed by atoms with Crippen molar-refractivity contribution in [1.29, 1.82) is 0 Å². The molecular formula is C37H42FN3O5S. The van der Waals surface area contributed by atoms with Crippen LogP contribution in [0, 0.1) is 12.7 Å². The summed E-state index contributed by atoms with van der Waals surface area (Å²) in [7, 11) is -4.32. The quantitative estimate of drug-likeness (QED) is 0.162. The number of hydrogen-bond donors (Lipinski definition) is 1. The number of anilines is 1. The van der Waals surface area contributed by atoms with Crippen molar-refractivity contribution in [3.63, 3.8) is 0 Å². The van der Waals surface area contributed by atoms with Gasteiger partial charge in [0.05, 0.1) is 17.2 Å². The molecule has 0 bridgehead atoms. The normalized spacial score (nSPS) is 12.5. The highest BCUT2D eigenvalue weighted by molar-refractivity contribution is 7.92. The number of aryl methyl sites for hydroxylation is 1. The van der Waals surface area contributed by atoms with Crippen LogP contribution in [0.1, 0.15) is 43.9 Å². The molecule has 8 nitrogen and oxygen atoms in total. The van der Waals surface area contributed by atoms with Crippen molar-refractivity contribution in [2.45, 2.75) is 64.1 Å². The van der Waals surface area contributed by atoms with E-state index in [0.717, 1.165) is 15.4 Å². The molecule has 0 unspecified atom stereocenters. The Morgan fingerprint density at radius 1 is 0.872 bits per heavy atom. The second-order valence-electron chi connectivity index (χ2n) is 11.4. The number of carbonyl (C=O) groups is 2. The number of nitrogens with one attached hydrogen (secondary N) is 1. The molecule has 4 aromatic rings. The number of ether oxygens (including phenoxy) is 1. The van der Waals surface area contributed by atoms with Gasteiger partial charge < -0.3 is 15.0 Å². The Morgan fingerprint density at radius 3 is 2.17 bits per heavy atom. The average Bonchev–Trinajstić information content (AvgIpc) is 3.07. The highest BCUT2D eigenvalue weighted by atomic mass is 32.2. The lowest BCUT2D eigenvalue weighted by molar-refractivity contribution is -0.140. The first kappa shape index (κ1) is 35.2. The molecule has 4 aromatic carbocycles. The van der Waals surface area contributed by atoms with Gasteiger partial charge in [-0.05, 0) is 63.1 Å². The number of hydrogen-bond acceptors (Lipinski definition) is 5. The molecular weight excluding hydrogens is 617 g/mol. The highest BCUT2D eigenvalue weighted by Crippen LogP contribution is 2.33. The van der Waals surface area contributed by atoms with Crippen molar-refractivity contribution in [2.75, 3.05) is 17.5 Å². The first-order valence-corrected chi connectivity index (χ1v) is 17.2. The molecule has 0 saturated heterocycles. The summed E-state index contributed by atoms with van der Waals surface area (Å²) in [5, 5.41) is 2.98. The predicted octanol–water partition coefficient (Wildman–Crippen LogP) is 6.28. The Morgan fingerprint density at radius 2 is 1.51 bits per heavy atom. The molecule has 0 heterocycles. The number of halogens is 1. The van der Waals surface area contributed by atoms with E-state index in [1.54, 1.807) is 61.5 Å². The van der Waals surface area contributed by atoms with Crippen molar-refractivity contribution in [1.82, 2.24) is 10.2 Å². The third kappa shape index (κ3) is 8.98. The van der Waals surface area contributed by atoms with Gasteiger partial charge in [-0.15, -0.1) is 0 Å². The van der Waals surface area contributed by atoms with Gasteiger partial charge in [-0.1, -0.05) is 85.3 Å². The fraction of sp³-hybridized carbons (Fsp3) is 0.297. The zero-order valence-corrected chi connectivity index (χ0v) is 28.0. The maximum atomic E-state index is 15.1. The first-order valence-electron chi connectivity index (χ1n) is 15.7. The van der Waals surface area contributed by atoms with E-state index in [0.29, 0.717) is 6.42 Å². The van der Waals surface area contributed by atoms with Crippen molar-refractivity contribution in [3.05, 3.63) is 126 Å². The number of para-hydroxylation sites is 2. The molecule has 248 valence electrons. The lowest BCUT2D eigenvalue weighted by atomic mass is 10.0. The van der Waals surface area contributed by atoms with E-state index in [9.17, 15) is 18.0 Å². The van der Waals surface area contributed by atoms with Crippen LogP contribution in [0.3, 0.4) is 0 Å². The molecule has 0 fully saturated rings. The summed E-state index contributed by atoms with van der Waals surface area (Å²) in [6.45, 7) is 6.75. The summed E-state index contributed by atoms with van der Waals surface area (Å²) in [6.07, 6.45) is 0.783. The second-order valence-corrected chi connectivity index (χ2v) is 13.2. The van der Waals surface area contributed by atoms with Gasteiger partial charge >= 0.3 is 0 Å². The monoisotopic (exact) mass is 659 g/mol. The summed E-state index contributed by atoms with van der Waals surface area (Å²) in [6, 6.07) is 26.9. The van der Waals surface area contributed by atoms with Gasteiger partial charge in [-0.25, -0.2) is 12.8 Å². The Bertz CT molecular complexity index is 1750. The summed E-state index contributed by atoms with van der Waals surface area (Å²) >= 11 is 0. The van der Waals surface area contributed by atoms with Crippen LogP contribution >= 0.6 is 0 Å². The first-order chi connectivity index (χ1) is 22.5. The number of rotatable bonds is 15. The topological polar surface area (TPSA) is 96.0 Å². The Labute approximate surface area is 277 Å². The molecule has 47 heavy (non-hydrogen) atoms. The molecule has 0 aromatic heterocycles. The SMILES string of the molecule is CCOc1ccccc1N(CC(=O)N(Cc1ccccc1F)[C@H](Cc1ccccc1)C(=O)N[C@H](C)CC)S(=O)(=O)c1ccc(C)cc1. The molecule has 0 aliphatic heterocycles. The summed E-state index contributed by atoms with van der Waals surface area (Å²) < 4.78 is 50.5. The van der Waals surface area contributed by atoms with Gasteiger partial charge in [-0.3, -0.25) is 13.9 Å². The minimum absolute atomic E-state index is 0.0156. The van der Waals surface area contributed by atoms with E-state index < -0.39 is 40.2 Å². The molecule has 1 N–H and O–H groups in total. The molecule has 0 spiro atoms. The largest absolute Gasteiger partial charge is 0.492 e. The van der Waals surface area contributed by atoms with Crippen LogP contribution in [-0.4, -0.2) is 50.4 Å². The predicted molar refractivity (Wildman–Crippen MR) is 182 cm³/mol. The fourth-order valence-corrected chi connectivity index (χ4v) is 6.52. The van der Waals surface area contributed by atoms with Gasteiger partial charge in [0.2, 0.25) is 11.8 Å². The molecule has 0 aliphatic carbocycles. The van der Waals surface area contributed by atoms with E-state index in [1.165, 1.54) is 23.1 Å². The third-order valence-electron chi connectivity index (χ3n) is 7.89. The summed E-state index contributed by atoms with van der Waals surface area (Å²) in [5.74, 6) is -1.38. The van der Waals surface area contributed by atoms with E-state index in [4.69, 9.17) is 4.74 Å². The van der Waals surface area contributed by atoms with Crippen LogP contribution in [0.15, 0.2) is 108 Å². The fourth-order valence-electron chi connectivity index (χ4n) is 5.10. The van der Waals surface area contributed by atoms with Gasteiger partial charge in [0.25, 0.3) is 10.0 Å². The maximum absolute atomic E-state index is 15.1. The van der Waals surface area contributed by atoms with Gasteiger partial charge in [-0.2, -0.15) is 0 Å². The van der Waals surface area contributed by atoms with E-state index in [2.05, 4.69) is 5.32 Å². The number of sulfonamides is 1. The van der Waals surface area contributed by atoms with Gasteiger partial charge in [0.15, 0.2) is 0 Å². The van der Waals surface area contributed by atoms with Crippen molar-refractivity contribution in [2.24, 2.45) is 0 Å². The molecule has 0 saturated carbocycles. The number of benzene rings is 4. The Hall–Kier alpha value is -4.70. The third-order valence-corrected chi connectivity index (χ3v) is 9.67.